The molecule has 4 heteroatoms. The Morgan fingerprint density at radius 2 is 1.47 bits per heavy atom. The molecule has 0 aliphatic rings. The van der Waals surface area contributed by atoms with E-state index in [0.29, 0.717) is 30.2 Å². The van der Waals surface area contributed by atoms with Crippen LogP contribution in [0.4, 0.5) is 0 Å². The smallest absolute Gasteiger partial charge is 0.0625 e. The first-order valence-electron chi connectivity index (χ1n) is 7.32. The third-order valence-corrected chi connectivity index (χ3v) is 7.11. The standard InChI is InChI=1S/C15H32N3P/c1-12(2)15(17(7)8)19(11-9-10-16)18(13(3)4)14(5)6/h12-15H,9,11H2,1-8H3. The molecule has 0 bridgehead atoms. The Hall–Kier alpha value is -0.160. The lowest BCUT2D eigenvalue weighted by Gasteiger charge is -2.46. The summed E-state index contributed by atoms with van der Waals surface area (Å²) in [5, 5.41) is 8.96. The van der Waals surface area contributed by atoms with Crippen molar-refractivity contribution in [1.82, 2.24) is 9.57 Å². The van der Waals surface area contributed by atoms with Crippen molar-refractivity contribution < 1.29 is 0 Å². The van der Waals surface area contributed by atoms with Crippen molar-refractivity contribution in [2.45, 2.75) is 65.8 Å². The van der Waals surface area contributed by atoms with Crippen LogP contribution in [0.5, 0.6) is 0 Å². The van der Waals surface area contributed by atoms with Gasteiger partial charge in [-0.2, -0.15) is 5.26 Å². The molecule has 0 saturated heterocycles. The molecule has 0 aromatic heterocycles. The van der Waals surface area contributed by atoms with E-state index in [1.54, 1.807) is 0 Å². The van der Waals surface area contributed by atoms with E-state index in [9.17, 15) is 0 Å². The molecule has 0 amide bonds. The summed E-state index contributed by atoms with van der Waals surface area (Å²) in [5.41, 5.74) is 0. The van der Waals surface area contributed by atoms with Crippen molar-refractivity contribution in [2.75, 3.05) is 20.3 Å². The van der Waals surface area contributed by atoms with Gasteiger partial charge < -0.3 is 4.90 Å². The Morgan fingerprint density at radius 3 is 1.74 bits per heavy atom. The second kappa shape index (κ2) is 8.90. The molecule has 2 unspecified atom stereocenters. The zero-order valence-corrected chi connectivity index (χ0v) is 14.9. The van der Waals surface area contributed by atoms with Gasteiger partial charge in [-0.15, -0.1) is 0 Å². The maximum atomic E-state index is 8.96. The van der Waals surface area contributed by atoms with E-state index in [1.807, 2.05) is 0 Å². The topological polar surface area (TPSA) is 30.3 Å². The molecule has 0 heterocycles. The van der Waals surface area contributed by atoms with Crippen molar-refractivity contribution in [2.24, 2.45) is 5.92 Å². The second-order valence-corrected chi connectivity index (χ2v) is 8.58. The highest BCUT2D eigenvalue weighted by atomic mass is 31.1. The van der Waals surface area contributed by atoms with Crippen molar-refractivity contribution in [3.8, 4) is 6.07 Å². The molecule has 0 aliphatic heterocycles. The summed E-state index contributed by atoms with van der Waals surface area (Å²) in [6.45, 7) is 13.7. The van der Waals surface area contributed by atoms with E-state index in [0.717, 1.165) is 6.16 Å². The Balaban J connectivity index is 5.31. The van der Waals surface area contributed by atoms with Crippen LogP contribution in [0.2, 0.25) is 0 Å². The summed E-state index contributed by atoms with van der Waals surface area (Å²) in [4.78, 5) is 2.35. The molecule has 2 atom stereocenters. The largest absolute Gasteiger partial charge is 0.301 e. The van der Waals surface area contributed by atoms with E-state index in [-0.39, 0.29) is 8.07 Å². The number of rotatable bonds is 8. The van der Waals surface area contributed by atoms with Crippen molar-refractivity contribution in [3.05, 3.63) is 0 Å². The van der Waals surface area contributed by atoms with Gasteiger partial charge in [0, 0.05) is 24.3 Å². The molecule has 3 nitrogen and oxygen atoms in total. The van der Waals surface area contributed by atoms with Crippen LogP contribution in [0.3, 0.4) is 0 Å². The number of nitrogens with zero attached hydrogens (tertiary/aromatic N) is 3. The summed E-state index contributed by atoms with van der Waals surface area (Å²) >= 11 is 0. The molecule has 19 heavy (non-hydrogen) atoms. The van der Waals surface area contributed by atoms with Crippen LogP contribution < -0.4 is 0 Å². The first kappa shape index (κ1) is 18.8. The van der Waals surface area contributed by atoms with Gasteiger partial charge in [0.15, 0.2) is 0 Å². The molecule has 0 saturated carbocycles. The lowest BCUT2D eigenvalue weighted by Crippen LogP contribution is -2.42. The molecule has 0 aromatic carbocycles. The maximum Gasteiger partial charge on any atom is 0.0625 e. The molecule has 0 N–H and O–H groups in total. The molecule has 0 fully saturated rings. The maximum absolute atomic E-state index is 8.96. The summed E-state index contributed by atoms with van der Waals surface area (Å²) in [7, 11) is 4.03. The average molecular weight is 285 g/mol. The van der Waals surface area contributed by atoms with Gasteiger partial charge in [0.2, 0.25) is 0 Å². The van der Waals surface area contributed by atoms with Crippen molar-refractivity contribution >= 4 is 8.07 Å². The van der Waals surface area contributed by atoms with Gasteiger partial charge in [0.05, 0.1) is 6.07 Å². The Morgan fingerprint density at radius 1 is 1.00 bits per heavy atom. The highest BCUT2D eigenvalue weighted by Gasteiger charge is 2.33. The summed E-state index contributed by atoms with van der Waals surface area (Å²) in [6, 6.07) is 3.40. The summed E-state index contributed by atoms with van der Waals surface area (Å²) in [5.74, 6) is 1.16. The van der Waals surface area contributed by atoms with Crippen LogP contribution in [0.1, 0.15) is 48.0 Å². The van der Waals surface area contributed by atoms with Gasteiger partial charge in [-0.05, 0) is 61.9 Å². The summed E-state index contributed by atoms with van der Waals surface area (Å²) < 4.78 is 2.64. The second-order valence-electron chi connectivity index (χ2n) is 6.26. The minimum absolute atomic E-state index is 0.314. The molecule has 0 aromatic rings. The van der Waals surface area contributed by atoms with E-state index >= 15 is 0 Å². The molecule has 0 spiro atoms. The fourth-order valence-electron chi connectivity index (χ4n) is 2.95. The van der Waals surface area contributed by atoms with E-state index in [1.165, 1.54) is 0 Å². The summed E-state index contributed by atoms with van der Waals surface area (Å²) in [6.07, 6.45) is 1.68. The first-order valence-corrected chi connectivity index (χ1v) is 8.87. The lowest BCUT2D eigenvalue weighted by atomic mass is 10.2. The normalized spacial score (nSPS) is 15.6. The van der Waals surface area contributed by atoms with Crippen LogP contribution in [-0.2, 0) is 0 Å². The van der Waals surface area contributed by atoms with Gasteiger partial charge >= 0.3 is 0 Å². The predicted octanol–water partition coefficient (Wildman–Crippen LogP) is 3.96. The predicted molar refractivity (Wildman–Crippen MR) is 86.4 cm³/mol. The zero-order valence-electron chi connectivity index (χ0n) is 14.0. The molecule has 0 rings (SSSR count). The molecule has 112 valence electrons. The number of hydrogen-bond acceptors (Lipinski definition) is 3. The Bertz CT molecular complexity index is 246. The third kappa shape index (κ3) is 5.78. The molecule has 0 radical (unpaired) electrons. The van der Waals surface area contributed by atoms with Gasteiger partial charge in [-0.25, -0.2) is 0 Å². The molecular weight excluding hydrogens is 253 g/mol. The van der Waals surface area contributed by atoms with Crippen LogP contribution in [0.25, 0.3) is 0 Å². The average Bonchev–Trinajstić information content (AvgIpc) is 2.23. The fraction of sp³-hybridized carbons (Fsp3) is 0.933. The van der Waals surface area contributed by atoms with Crippen molar-refractivity contribution in [1.29, 1.82) is 5.26 Å². The SMILES string of the molecule is CC(C)C(N(C)C)P(CCC#N)N(C(C)C)C(C)C. The van der Waals surface area contributed by atoms with Crippen molar-refractivity contribution in [3.63, 3.8) is 0 Å². The number of hydrogen-bond donors (Lipinski definition) is 0. The van der Waals surface area contributed by atoms with Crippen LogP contribution >= 0.6 is 8.07 Å². The van der Waals surface area contributed by atoms with Gasteiger partial charge in [0.25, 0.3) is 0 Å². The number of nitriles is 1. The fourth-order valence-corrected chi connectivity index (χ4v) is 6.45. The monoisotopic (exact) mass is 285 g/mol. The van der Waals surface area contributed by atoms with Crippen LogP contribution in [0, 0.1) is 17.2 Å². The molecular formula is C15H32N3P. The van der Waals surface area contributed by atoms with Crippen LogP contribution in [0.15, 0.2) is 0 Å². The first-order chi connectivity index (χ1) is 8.73. The zero-order chi connectivity index (χ0) is 15.2. The Labute approximate surface area is 121 Å². The Kier molecular flexibility index (Phi) is 8.83. The highest BCUT2D eigenvalue weighted by Crippen LogP contribution is 2.51. The highest BCUT2D eigenvalue weighted by molar-refractivity contribution is 7.56. The minimum Gasteiger partial charge on any atom is -0.301 e. The quantitative estimate of drug-likeness (QED) is 0.632. The molecule has 0 aliphatic carbocycles. The van der Waals surface area contributed by atoms with Gasteiger partial charge in [-0.3, -0.25) is 4.67 Å². The van der Waals surface area contributed by atoms with Gasteiger partial charge in [0.1, 0.15) is 0 Å². The minimum atomic E-state index is -0.314. The van der Waals surface area contributed by atoms with E-state index in [4.69, 9.17) is 5.26 Å². The van der Waals surface area contributed by atoms with E-state index < -0.39 is 0 Å². The third-order valence-electron chi connectivity index (χ3n) is 3.24. The van der Waals surface area contributed by atoms with Gasteiger partial charge in [-0.1, -0.05) is 13.8 Å². The van der Waals surface area contributed by atoms with Crippen LogP contribution in [-0.4, -0.2) is 47.7 Å². The lowest BCUT2D eigenvalue weighted by molar-refractivity contribution is 0.270. The van der Waals surface area contributed by atoms with E-state index in [2.05, 4.69) is 71.3 Å².